The Morgan fingerprint density at radius 3 is 1.86 bits per heavy atom. The maximum Gasteiger partial charge on any atom is 0.264 e. The summed E-state index contributed by atoms with van der Waals surface area (Å²) in [6.45, 7) is 4.24. The van der Waals surface area contributed by atoms with Crippen LogP contribution in [0.3, 0.4) is 0 Å². The van der Waals surface area contributed by atoms with E-state index in [1.54, 1.807) is 30.3 Å². The minimum Gasteiger partial charge on any atom is -0.354 e. The van der Waals surface area contributed by atoms with Crippen molar-refractivity contribution in [2.75, 3.05) is 17.4 Å². The molecule has 8 heteroatoms. The van der Waals surface area contributed by atoms with Gasteiger partial charge in [-0.05, 0) is 53.8 Å². The summed E-state index contributed by atoms with van der Waals surface area (Å²) in [7, 11) is -4.11. The highest BCUT2D eigenvalue weighted by Gasteiger charge is 2.34. The van der Waals surface area contributed by atoms with Gasteiger partial charge in [-0.15, -0.1) is 0 Å². The Hall–Kier alpha value is -4.43. The average Bonchev–Trinajstić information content (AvgIpc) is 3.06. The largest absolute Gasteiger partial charge is 0.354 e. The first-order chi connectivity index (χ1) is 21.3. The van der Waals surface area contributed by atoms with Gasteiger partial charge in [-0.2, -0.15) is 0 Å². The lowest BCUT2D eigenvalue weighted by Gasteiger charge is -2.34. The summed E-state index contributed by atoms with van der Waals surface area (Å²) < 4.78 is 29.2. The van der Waals surface area contributed by atoms with Crippen molar-refractivity contribution in [2.24, 2.45) is 0 Å². The molecule has 0 radical (unpaired) electrons. The molecule has 7 nitrogen and oxygen atoms in total. The number of hydrogen-bond acceptors (Lipinski definition) is 4. The Kier molecular flexibility index (Phi) is 11.7. The minimum absolute atomic E-state index is 0.0834. The first-order valence-electron chi connectivity index (χ1n) is 15.1. The Morgan fingerprint density at radius 2 is 1.30 bits per heavy atom. The fraction of sp³-hybridized carbons (Fsp3) is 0.278. The summed E-state index contributed by atoms with van der Waals surface area (Å²) in [5.41, 5.74) is 3.17. The third-order valence-corrected chi connectivity index (χ3v) is 9.33. The molecule has 0 saturated heterocycles. The number of unbranched alkanes of at least 4 members (excludes halogenated alkanes) is 1. The summed E-state index contributed by atoms with van der Waals surface area (Å²) in [5.74, 6) is -0.740. The van der Waals surface area contributed by atoms with Gasteiger partial charge < -0.3 is 10.2 Å². The van der Waals surface area contributed by atoms with Crippen LogP contribution in [-0.4, -0.2) is 44.3 Å². The molecule has 0 aliphatic rings. The van der Waals surface area contributed by atoms with E-state index in [0.29, 0.717) is 12.2 Å². The molecule has 0 aliphatic heterocycles. The molecule has 0 aromatic heterocycles. The van der Waals surface area contributed by atoms with Crippen molar-refractivity contribution >= 4 is 27.5 Å². The highest BCUT2D eigenvalue weighted by atomic mass is 32.2. The zero-order valence-corrected chi connectivity index (χ0v) is 26.2. The van der Waals surface area contributed by atoms with Crippen molar-refractivity contribution in [1.29, 1.82) is 0 Å². The molecule has 1 N–H and O–H groups in total. The fourth-order valence-corrected chi connectivity index (χ4v) is 6.42. The number of aryl methyl sites for hydroxylation is 1. The lowest BCUT2D eigenvalue weighted by Crippen LogP contribution is -2.53. The number of hydrogen-bond donors (Lipinski definition) is 1. The Bertz CT molecular complexity index is 1580. The van der Waals surface area contributed by atoms with E-state index in [2.05, 4.69) is 5.32 Å². The highest BCUT2D eigenvalue weighted by Crippen LogP contribution is 2.25. The van der Waals surface area contributed by atoms with Gasteiger partial charge in [-0.1, -0.05) is 111 Å². The van der Waals surface area contributed by atoms with Gasteiger partial charge in [0.2, 0.25) is 11.8 Å². The van der Waals surface area contributed by atoms with Crippen LogP contribution < -0.4 is 9.62 Å². The number of sulfonamides is 1. The smallest absolute Gasteiger partial charge is 0.264 e. The molecule has 2 amide bonds. The molecule has 0 unspecified atom stereocenters. The van der Waals surface area contributed by atoms with Crippen LogP contribution in [0.25, 0.3) is 0 Å². The molecule has 44 heavy (non-hydrogen) atoms. The van der Waals surface area contributed by atoms with Gasteiger partial charge >= 0.3 is 0 Å². The molecule has 0 aliphatic carbocycles. The summed E-state index contributed by atoms with van der Waals surface area (Å²) in [5, 5.41) is 3.01. The average molecular weight is 612 g/mol. The predicted molar refractivity (Wildman–Crippen MR) is 176 cm³/mol. The molecule has 0 saturated carbocycles. The molecular formula is C36H41N3O4S. The monoisotopic (exact) mass is 611 g/mol. The lowest BCUT2D eigenvalue weighted by atomic mass is 10.0. The van der Waals surface area contributed by atoms with Crippen LogP contribution in [0.4, 0.5) is 5.69 Å². The first-order valence-corrected chi connectivity index (χ1v) is 16.6. The fourth-order valence-electron chi connectivity index (χ4n) is 4.99. The molecule has 4 aromatic rings. The van der Waals surface area contributed by atoms with Crippen LogP contribution in [0.2, 0.25) is 0 Å². The number of anilines is 1. The topological polar surface area (TPSA) is 86.8 Å². The van der Waals surface area contributed by atoms with E-state index in [0.717, 1.165) is 40.3 Å². The van der Waals surface area contributed by atoms with E-state index in [1.165, 1.54) is 17.0 Å². The second-order valence-electron chi connectivity index (χ2n) is 10.7. The second kappa shape index (κ2) is 15.9. The number of amides is 2. The number of nitrogens with one attached hydrogen (secondary N) is 1. The van der Waals surface area contributed by atoms with Gasteiger partial charge in [0.1, 0.15) is 12.6 Å². The third kappa shape index (κ3) is 8.57. The van der Waals surface area contributed by atoms with Gasteiger partial charge in [0.05, 0.1) is 10.6 Å². The predicted octanol–water partition coefficient (Wildman–Crippen LogP) is 6.00. The highest BCUT2D eigenvalue weighted by molar-refractivity contribution is 7.92. The Labute approximate surface area is 261 Å². The normalized spacial score (nSPS) is 11.9. The molecule has 0 bridgehead atoms. The molecule has 0 spiro atoms. The number of carbonyl (C=O) groups is 2. The maximum absolute atomic E-state index is 14.4. The van der Waals surface area contributed by atoms with E-state index in [-0.39, 0.29) is 23.8 Å². The summed E-state index contributed by atoms with van der Waals surface area (Å²) in [6, 6.07) is 33.5. The van der Waals surface area contributed by atoms with Crippen LogP contribution in [0.1, 0.15) is 43.4 Å². The second-order valence-corrected chi connectivity index (χ2v) is 12.6. The Morgan fingerprint density at radius 1 is 0.727 bits per heavy atom. The van der Waals surface area contributed by atoms with Crippen LogP contribution in [0.5, 0.6) is 0 Å². The third-order valence-electron chi connectivity index (χ3n) is 7.54. The standard InChI is InChI=1S/C36H41N3O4S/c1-3-5-25-37-36(41)34(26-30-15-9-6-10-16-30)38(27-31-17-11-7-12-18-31)35(40)28-39(32-23-21-29(4-2)22-24-32)44(42,43)33-19-13-8-14-20-33/h6-24,34H,3-5,25-28H2,1-2H3,(H,37,41)/t34-/m1/s1. The van der Waals surface area contributed by atoms with E-state index in [9.17, 15) is 18.0 Å². The van der Waals surface area contributed by atoms with Gasteiger partial charge in [0, 0.05) is 19.5 Å². The van der Waals surface area contributed by atoms with E-state index in [4.69, 9.17) is 0 Å². The van der Waals surface area contributed by atoms with Crippen LogP contribution in [0, 0.1) is 0 Å². The van der Waals surface area contributed by atoms with Crippen LogP contribution in [-0.2, 0) is 39.0 Å². The summed E-state index contributed by atoms with van der Waals surface area (Å²) in [6.07, 6.45) is 2.81. The van der Waals surface area contributed by atoms with Gasteiger partial charge in [0.15, 0.2) is 0 Å². The lowest BCUT2D eigenvalue weighted by molar-refractivity contribution is -0.140. The number of nitrogens with zero attached hydrogens (tertiary/aromatic N) is 2. The number of rotatable bonds is 15. The van der Waals surface area contributed by atoms with Gasteiger partial charge in [-0.25, -0.2) is 8.42 Å². The quantitative estimate of drug-likeness (QED) is 0.167. The molecule has 4 aromatic carbocycles. The minimum atomic E-state index is -4.11. The van der Waals surface area contributed by atoms with Crippen LogP contribution in [0.15, 0.2) is 120 Å². The van der Waals surface area contributed by atoms with Crippen molar-refractivity contribution < 1.29 is 18.0 Å². The maximum atomic E-state index is 14.4. The van der Waals surface area contributed by atoms with E-state index < -0.39 is 28.5 Å². The number of benzene rings is 4. The summed E-state index contributed by atoms with van der Waals surface area (Å²) in [4.78, 5) is 29.8. The molecule has 230 valence electrons. The van der Waals surface area contributed by atoms with Gasteiger partial charge in [0.25, 0.3) is 10.0 Å². The van der Waals surface area contributed by atoms with Crippen molar-refractivity contribution in [3.8, 4) is 0 Å². The molecule has 4 rings (SSSR count). The van der Waals surface area contributed by atoms with Crippen molar-refractivity contribution in [3.05, 3.63) is 132 Å². The SMILES string of the molecule is CCCCNC(=O)[C@@H](Cc1ccccc1)N(Cc1ccccc1)C(=O)CN(c1ccc(CC)cc1)S(=O)(=O)c1ccccc1. The Balaban J connectivity index is 1.76. The molecular weight excluding hydrogens is 570 g/mol. The molecule has 0 heterocycles. The zero-order chi connectivity index (χ0) is 31.4. The zero-order valence-electron chi connectivity index (χ0n) is 25.4. The van der Waals surface area contributed by atoms with Gasteiger partial charge in [-0.3, -0.25) is 13.9 Å². The van der Waals surface area contributed by atoms with E-state index >= 15 is 0 Å². The molecule has 0 fully saturated rings. The van der Waals surface area contributed by atoms with Crippen molar-refractivity contribution in [3.63, 3.8) is 0 Å². The van der Waals surface area contributed by atoms with Crippen molar-refractivity contribution in [2.45, 2.75) is 57.0 Å². The summed E-state index contributed by atoms with van der Waals surface area (Å²) >= 11 is 0. The first kappa shape index (κ1) is 32.5. The number of carbonyl (C=O) groups excluding carboxylic acids is 2. The van der Waals surface area contributed by atoms with Crippen molar-refractivity contribution in [1.82, 2.24) is 10.2 Å². The molecule has 1 atom stereocenters. The van der Waals surface area contributed by atoms with E-state index in [1.807, 2.05) is 86.6 Å². The van der Waals surface area contributed by atoms with Crippen LogP contribution >= 0.6 is 0 Å².